The summed E-state index contributed by atoms with van der Waals surface area (Å²) in [5, 5.41) is 6.20. The van der Waals surface area contributed by atoms with E-state index < -0.39 is 0 Å². The lowest BCUT2D eigenvalue weighted by Crippen LogP contribution is -2.32. The van der Waals surface area contributed by atoms with Gasteiger partial charge in [0.1, 0.15) is 12.4 Å². The molecule has 5 heteroatoms. The van der Waals surface area contributed by atoms with E-state index in [0.29, 0.717) is 19.2 Å². The fourth-order valence-corrected chi connectivity index (χ4v) is 2.29. The average molecular weight is 291 g/mol. The van der Waals surface area contributed by atoms with Gasteiger partial charge in [-0.25, -0.2) is 4.79 Å². The van der Waals surface area contributed by atoms with Crippen LogP contribution in [0.1, 0.15) is 25.0 Å². The van der Waals surface area contributed by atoms with Gasteiger partial charge in [0.2, 0.25) is 0 Å². The van der Waals surface area contributed by atoms with E-state index in [0.717, 1.165) is 30.9 Å². The van der Waals surface area contributed by atoms with Gasteiger partial charge in [-0.1, -0.05) is 31.5 Å². The normalized spacial score (nSPS) is 14.7. The van der Waals surface area contributed by atoms with Gasteiger partial charge in [0.05, 0.1) is 6.54 Å². The molecule has 5 nitrogen and oxygen atoms in total. The second kappa shape index (κ2) is 7.31. The highest BCUT2D eigenvalue weighted by Gasteiger charge is 2.18. The standard InChI is InChI=1S/C16H25N3O2/c1-12(2)18-11-14-10-13(3)4-5-15(14)21-9-8-19-7-6-17-16(19)20/h4-5,10,12,18H,6-9,11H2,1-3H3,(H,17,20). The molecule has 1 saturated heterocycles. The Bertz CT molecular complexity index is 488. The summed E-state index contributed by atoms with van der Waals surface area (Å²) in [6, 6.07) is 6.65. The molecule has 116 valence electrons. The van der Waals surface area contributed by atoms with Gasteiger partial charge in [0.25, 0.3) is 0 Å². The van der Waals surface area contributed by atoms with Gasteiger partial charge in [-0.3, -0.25) is 0 Å². The lowest BCUT2D eigenvalue weighted by Gasteiger charge is -2.17. The van der Waals surface area contributed by atoms with Crippen LogP contribution in [0.15, 0.2) is 18.2 Å². The smallest absolute Gasteiger partial charge is 0.317 e. The number of urea groups is 1. The first-order valence-electron chi connectivity index (χ1n) is 7.55. The highest BCUT2D eigenvalue weighted by Crippen LogP contribution is 2.20. The maximum atomic E-state index is 11.5. The summed E-state index contributed by atoms with van der Waals surface area (Å²) in [6.07, 6.45) is 0. The molecule has 0 atom stereocenters. The summed E-state index contributed by atoms with van der Waals surface area (Å²) in [4.78, 5) is 13.2. The van der Waals surface area contributed by atoms with Crippen LogP contribution in [-0.4, -0.2) is 43.2 Å². The van der Waals surface area contributed by atoms with Gasteiger partial charge in [0, 0.05) is 31.2 Å². The fraction of sp³-hybridized carbons (Fsp3) is 0.562. The average Bonchev–Trinajstić information content (AvgIpc) is 2.84. The third kappa shape index (κ3) is 4.63. The third-order valence-electron chi connectivity index (χ3n) is 3.48. The van der Waals surface area contributed by atoms with Crippen LogP contribution in [0, 0.1) is 6.92 Å². The third-order valence-corrected chi connectivity index (χ3v) is 3.48. The molecule has 1 aromatic carbocycles. The zero-order valence-electron chi connectivity index (χ0n) is 13.1. The van der Waals surface area contributed by atoms with Crippen molar-refractivity contribution in [3.05, 3.63) is 29.3 Å². The number of rotatable bonds is 7. The topological polar surface area (TPSA) is 53.6 Å². The van der Waals surface area contributed by atoms with Gasteiger partial charge in [0.15, 0.2) is 0 Å². The summed E-state index contributed by atoms with van der Waals surface area (Å²) in [7, 11) is 0. The summed E-state index contributed by atoms with van der Waals surface area (Å²) in [5.41, 5.74) is 2.39. The SMILES string of the molecule is Cc1ccc(OCCN2CCNC2=O)c(CNC(C)C)c1. The van der Waals surface area contributed by atoms with Crippen molar-refractivity contribution in [3.8, 4) is 5.75 Å². The zero-order valence-corrected chi connectivity index (χ0v) is 13.1. The van der Waals surface area contributed by atoms with E-state index in [4.69, 9.17) is 4.74 Å². The van der Waals surface area contributed by atoms with Crippen molar-refractivity contribution in [1.82, 2.24) is 15.5 Å². The largest absolute Gasteiger partial charge is 0.491 e. The number of amides is 2. The number of aryl methyl sites for hydroxylation is 1. The van der Waals surface area contributed by atoms with Crippen molar-refractivity contribution in [2.24, 2.45) is 0 Å². The van der Waals surface area contributed by atoms with E-state index in [9.17, 15) is 4.79 Å². The Morgan fingerprint density at radius 2 is 2.24 bits per heavy atom. The van der Waals surface area contributed by atoms with Crippen LogP contribution in [0.5, 0.6) is 5.75 Å². The quantitative estimate of drug-likeness (QED) is 0.807. The Balaban J connectivity index is 1.90. The van der Waals surface area contributed by atoms with Crippen molar-refractivity contribution < 1.29 is 9.53 Å². The minimum Gasteiger partial charge on any atom is -0.491 e. The number of benzene rings is 1. The van der Waals surface area contributed by atoms with Gasteiger partial charge >= 0.3 is 6.03 Å². The van der Waals surface area contributed by atoms with Crippen LogP contribution in [0.4, 0.5) is 4.79 Å². The number of hydrogen-bond donors (Lipinski definition) is 2. The maximum Gasteiger partial charge on any atom is 0.317 e. The number of nitrogens with zero attached hydrogens (tertiary/aromatic N) is 1. The highest BCUT2D eigenvalue weighted by atomic mass is 16.5. The van der Waals surface area contributed by atoms with Crippen LogP contribution in [0.2, 0.25) is 0 Å². The van der Waals surface area contributed by atoms with Crippen LogP contribution in [0.25, 0.3) is 0 Å². The van der Waals surface area contributed by atoms with Gasteiger partial charge < -0.3 is 20.3 Å². The summed E-state index contributed by atoms with van der Waals surface area (Å²) >= 11 is 0. The molecule has 0 unspecified atom stereocenters. The molecular formula is C16H25N3O2. The molecule has 2 rings (SSSR count). The molecule has 0 bridgehead atoms. The van der Waals surface area contributed by atoms with Crippen LogP contribution >= 0.6 is 0 Å². The predicted molar refractivity (Wildman–Crippen MR) is 83.6 cm³/mol. The van der Waals surface area contributed by atoms with Crippen molar-refractivity contribution in [3.63, 3.8) is 0 Å². The minimum atomic E-state index is 0.00389. The lowest BCUT2D eigenvalue weighted by molar-refractivity contribution is 0.202. The molecular weight excluding hydrogens is 266 g/mol. The van der Waals surface area contributed by atoms with E-state index in [2.05, 4.69) is 43.5 Å². The van der Waals surface area contributed by atoms with Gasteiger partial charge in [-0.15, -0.1) is 0 Å². The Morgan fingerprint density at radius 1 is 1.43 bits per heavy atom. The lowest BCUT2D eigenvalue weighted by atomic mass is 10.1. The van der Waals surface area contributed by atoms with Crippen molar-refractivity contribution in [2.45, 2.75) is 33.4 Å². The van der Waals surface area contributed by atoms with Crippen molar-refractivity contribution in [2.75, 3.05) is 26.2 Å². The van der Waals surface area contributed by atoms with Crippen LogP contribution in [-0.2, 0) is 6.54 Å². The number of carbonyl (C=O) groups is 1. The molecule has 1 aliphatic heterocycles. The van der Waals surface area contributed by atoms with E-state index >= 15 is 0 Å². The maximum absolute atomic E-state index is 11.5. The van der Waals surface area contributed by atoms with E-state index in [-0.39, 0.29) is 6.03 Å². The summed E-state index contributed by atoms with van der Waals surface area (Å²) < 4.78 is 5.87. The molecule has 2 amide bonds. The molecule has 0 saturated carbocycles. The van der Waals surface area contributed by atoms with Crippen LogP contribution < -0.4 is 15.4 Å². The first-order valence-corrected chi connectivity index (χ1v) is 7.55. The molecule has 2 N–H and O–H groups in total. The first kappa shape index (κ1) is 15.6. The molecule has 0 spiro atoms. The number of hydrogen-bond acceptors (Lipinski definition) is 3. The number of nitrogens with one attached hydrogen (secondary N) is 2. The Hall–Kier alpha value is -1.75. The second-order valence-electron chi connectivity index (χ2n) is 5.71. The van der Waals surface area contributed by atoms with E-state index in [1.807, 2.05) is 6.07 Å². The second-order valence-corrected chi connectivity index (χ2v) is 5.71. The monoisotopic (exact) mass is 291 g/mol. The molecule has 0 aromatic heterocycles. The molecule has 1 fully saturated rings. The highest BCUT2D eigenvalue weighted by molar-refractivity contribution is 5.76. The minimum absolute atomic E-state index is 0.00389. The molecule has 1 aromatic rings. The van der Waals surface area contributed by atoms with Gasteiger partial charge in [-0.2, -0.15) is 0 Å². The number of ether oxygens (including phenoxy) is 1. The summed E-state index contributed by atoms with van der Waals surface area (Å²) in [5.74, 6) is 0.897. The van der Waals surface area contributed by atoms with Crippen molar-refractivity contribution >= 4 is 6.03 Å². The molecule has 21 heavy (non-hydrogen) atoms. The Kier molecular flexibility index (Phi) is 5.44. The first-order chi connectivity index (χ1) is 10.1. The van der Waals surface area contributed by atoms with E-state index in [1.54, 1.807) is 4.90 Å². The Labute approximate surface area is 126 Å². The van der Waals surface area contributed by atoms with Gasteiger partial charge in [-0.05, 0) is 13.0 Å². The Morgan fingerprint density at radius 3 is 2.90 bits per heavy atom. The van der Waals surface area contributed by atoms with Crippen molar-refractivity contribution in [1.29, 1.82) is 0 Å². The molecule has 0 aliphatic carbocycles. The zero-order chi connectivity index (χ0) is 15.2. The molecule has 1 heterocycles. The number of carbonyl (C=O) groups excluding carboxylic acids is 1. The summed E-state index contributed by atoms with van der Waals surface area (Å²) in [6.45, 7) is 9.76. The molecule has 0 radical (unpaired) electrons. The predicted octanol–water partition coefficient (Wildman–Crippen LogP) is 1.90. The van der Waals surface area contributed by atoms with E-state index in [1.165, 1.54) is 5.56 Å². The molecule has 1 aliphatic rings. The van der Waals surface area contributed by atoms with Crippen LogP contribution in [0.3, 0.4) is 0 Å². The fourth-order valence-electron chi connectivity index (χ4n) is 2.29.